The van der Waals surface area contributed by atoms with Gasteiger partial charge in [-0.05, 0) is 48.1 Å². The van der Waals surface area contributed by atoms with Gasteiger partial charge in [-0.25, -0.2) is 0 Å². The Bertz CT molecular complexity index is 648. The molecule has 0 saturated carbocycles. The topological polar surface area (TPSA) is 56.9 Å². The minimum atomic E-state index is -0.774. The van der Waals surface area contributed by atoms with Crippen molar-refractivity contribution in [3.05, 3.63) is 65.5 Å². The quantitative estimate of drug-likeness (QED) is 0.907. The van der Waals surface area contributed by atoms with E-state index in [1.807, 2.05) is 12.1 Å². The maximum atomic E-state index is 10.7. The highest BCUT2D eigenvalue weighted by molar-refractivity contribution is 5.35. The lowest BCUT2D eigenvalue weighted by molar-refractivity contribution is 0.0525. The van der Waals surface area contributed by atoms with Crippen LogP contribution in [-0.2, 0) is 12.8 Å². The molecule has 0 amide bonds. The van der Waals surface area contributed by atoms with Gasteiger partial charge in [0.15, 0.2) is 0 Å². The van der Waals surface area contributed by atoms with Crippen molar-refractivity contribution in [1.29, 1.82) is 5.26 Å². The average Bonchev–Trinajstić information content (AvgIpc) is 2.54. The van der Waals surface area contributed by atoms with Gasteiger partial charge in [-0.1, -0.05) is 24.3 Å². The van der Waals surface area contributed by atoms with Crippen molar-refractivity contribution < 1.29 is 5.11 Å². The molecular weight excluding hydrogens is 248 g/mol. The summed E-state index contributed by atoms with van der Waals surface area (Å²) in [6.07, 6.45) is 4.66. The molecular formula is C17H16N2O. The van der Waals surface area contributed by atoms with Crippen LogP contribution in [0.1, 0.15) is 29.2 Å². The smallest absolute Gasteiger partial charge is 0.0980 e. The summed E-state index contributed by atoms with van der Waals surface area (Å²) in [4.78, 5) is 3.96. The average molecular weight is 264 g/mol. The number of aryl methyl sites for hydroxylation is 1. The van der Waals surface area contributed by atoms with Crippen molar-refractivity contribution in [1.82, 2.24) is 4.98 Å². The van der Waals surface area contributed by atoms with Crippen molar-refractivity contribution in [3.8, 4) is 6.07 Å². The van der Waals surface area contributed by atoms with Gasteiger partial charge in [0.05, 0.1) is 17.6 Å². The molecule has 3 rings (SSSR count). The molecule has 2 aromatic rings. The predicted octanol–water partition coefficient (Wildman–Crippen LogP) is 2.81. The van der Waals surface area contributed by atoms with Crippen molar-refractivity contribution >= 4 is 0 Å². The van der Waals surface area contributed by atoms with Crippen molar-refractivity contribution in [2.24, 2.45) is 5.41 Å². The Labute approximate surface area is 118 Å². The number of nitrogens with zero attached hydrogens (tertiary/aromatic N) is 2. The first-order valence-corrected chi connectivity index (χ1v) is 6.81. The SMILES string of the molecule is N#CC1(C(O)c2ccncc2)CCc2ccccc2C1. The predicted molar refractivity (Wildman–Crippen MR) is 75.7 cm³/mol. The molecule has 100 valence electrons. The van der Waals surface area contributed by atoms with E-state index < -0.39 is 11.5 Å². The number of benzene rings is 1. The molecule has 1 aromatic carbocycles. The van der Waals surface area contributed by atoms with Gasteiger partial charge in [0.2, 0.25) is 0 Å². The third kappa shape index (κ3) is 2.09. The summed E-state index contributed by atoms with van der Waals surface area (Å²) < 4.78 is 0. The van der Waals surface area contributed by atoms with Gasteiger partial charge in [0.25, 0.3) is 0 Å². The molecule has 1 aliphatic carbocycles. The number of fused-ring (bicyclic) bond motifs is 1. The Morgan fingerprint density at radius 3 is 2.55 bits per heavy atom. The van der Waals surface area contributed by atoms with E-state index in [4.69, 9.17) is 0 Å². The van der Waals surface area contributed by atoms with Gasteiger partial charge in [-0.15, -0.1) is 0 Å². The maximum absolute atomic E-state index is 10.7. The third-order valence-electron chi connectivity index (χ3n) is 4.23. The number of rotatable bonds is 2. The molecule has 3 heteroatoms. The molecule has 20 heavy (non-hydrogen) atoms. The van der Waals surface area contributed by atoms with E-state index >= 15 is 0 Å². The zero-order chi connectivity index (χ0) is 14.0. The number of aliphatic hydroxyl groups is 1. The second-order valence-electron chi connectivity index (χ2n) is 5.40. The molecule has 0 spiro atoms. The third-order valence-corrected chi connectivity index (χ3v) is 4.23. The highest BCUT2D eigenvalue weighted by Crippen LogP contribution is 2.44. The molecule has 0 bridgehead atoms. The number of nitriles is 1. The summed E-state index contributed by atoms with van der Waals surface area (Å²) in [6.45, 7) is 0. The van der Waals surface area contributed by atoms with Crippen LogP contribution >= 0.6 is 0 Å². The summed E-state index contributed by atoms with van der Waals surface area (Å²) in [7, 11) is 0. The van der Waals surface area contributed by atoms with E-state index in [0.717, 1.165) is 12.0 Å². The van der Waals surface area contributed by atoms with Crippen LogP contribution in [0.2, 0.25) is 0 Å². The first-order valence-electron chi connectivity index (χ1n) is 6.81. The maximum Gasteiger partial charge on any atom is 0.0980 e. The second-order valence-corrected chi connectivity index (χ2v) is 5.40. The van der Waals surface area contributed by atoms with Gasteiger partial charge < -0.3 is 5.11 Å². The van der Waals surface area contributed by atoms with Gasteiger partial charge in [-0.2, -0.15) is 5.26 Å². The molecule has 2 atom stereocenters. The van der Waals surface area contributed by atoms with E-state index in [1.54, 1.807) is 24.5 Å². The zero-order valence-electron chi connectivity index (χ0n) is 11.2. The number of aliphatic hydroxyl groups excluding tert-OH is 1. The lowest BCUT2D eigenvalue weighted by Crippen LogP contribution is -2.34. The van der Waals surface area contributed by atoms with Crippen molar-refractivity contribution in [2.45, 2.75) is 25.4 Å². The number of hydrogen-bond donors (Lipinski definition) is 1. The molecule has 1 heterocycles. The molecule has 1 N–H and O–H groups in total. The first-order chi connectivity index (χ1) is 9.75. The monoisotopic (exact) mass is 264 g/mol. The Morgan fingerprint density at radius 2 is 1.85 bits per heavy atom. The zero-order valence-corrected chi connectivity index (χ0v) is 11.2. The Hall–Kier alpha value is -2.18. The number of aromatic nitrogens is 1. The Balaban J connectivity index is 1.97. The van der Waals surface area contributed by atoms with Gasteiger partial charge in [0.1, 0.15) is 0 Å². The molecule has 0 aliphatic heterocycles. The van der Waals surface area contributed by atoms with Crippen molar-refractivity contribution in [2.75, 3.05) is 0 Å². The standard InChI is InChI=1S/C17H16N2O/c18-12-17(16(20)14-6-9-19-10-7-14)8-5-13-3-1-2-4-15(13)11-17/h1-4,6-7,9-10,16,20H,5,8,11H2. The van der Waals surface area contributed by atoms with Crippen LogP contribution < -0.4 is 0 Å². The fraction of sp³-hybridized carbons (Fsp3) is 0.294. The van der Waals surface area contributed by atoms with E-state index in [0.29, 0.717) is 12.8 Å². The normalized spacial score (nSPS) is 22.6. The van der Waals surface area contributed by atoms with Crippen LogP contribution in [-0.4, -0.2) is 10.1 Å². The van der Waals surface area contributed by atoms with E-state index in [2.05, 4.69) is 23.2 Å². The molecule has 0 saturated heterocycles. The number of pyridine rings is 1. The highest BCUT2D eigenvalue weighted by Gasteiger charge is 2.41. The van der Waals surface area contributed by atoms with E-state index in [1.165, 1.54) is 11.1 Å². The minimum absolute atomic E-state index is 0.600. The van der Waals surface area contributed by atoms with Crippen LogP contribution in [0.25, 0.3) is 0 Å². The summed E-state index contributed by atoms with van der Waals surface area (Å²) in [5.74, 6) is 0. The second kappa shape index (κ2) is 5.07. The van der Waals surface area contributed by atoms with Crippen LogP contribution in [0.3, 0.4) is 0 Å². The van der Waals surface area contributed by atoms with Crippen LogP contribution in [0, 0.1) is 16.7 Å². The lowest BCUT2D eigenvalue weighted by Gasteiger charge is -2.36. The van der Waals surface area contributed by atoms with Gasteiger partial charge >= 0.3 is 0 Å². The lowest BCUT2D eigenvalue weighted by atomic mass is 9.68. The number of hydrogen-bond acceptors (Lipinski definition) is 3. The van der Waals surface area contributed by atoms with Crippen LogP contribution in [0.5, 0.6) is 0 Å². The fourth-order valence-corrected chi connectivity index (χ4v) is 3.01. The molecule has 2 unspecified atom stereocenters. The Morgan fingerprint density at radius 1 is 1.15 bits per heavy atom. The summed E-state index contributed by atoms with van der Waals surface area (Å²) in [5.41, 5.74) is 2.49. The Kier molecular flexibility index (Phi) is 3.25. The van der Waals surface area contributed by atoms with E-state index in [9.17, 15) is 10.4 Å². The van der Waals surface area contributed by atoms with Gasteiger partial charge in [-0.3, -0.25) is 4.98 Å². The summed E-state index contributed by atoms with van der Waals surface area (Å²) in [6, 6.07) is 14.1. The molecule has 0 fully saturated rings. The highest BCUT2D eigenvalue weighted by atomic mass is 16.3. The molecule has 0 radical (unpaired) electrons. The van der Waals surface area contributed by atoms with E-state index in [-0.39, 0.29) is 0 Å². The fourth-order valence-electron chi connectivity index (χ4n) is 3.01. The van der Waals surface area contributed by atoms with Crippen LogP contribution in [0.4, 0.5) is 0 Å². The largest absolute Gasteiger partial charge is 0.387 e. The van der Waals surface area contributed by atoms with Crippen LogP contribution in [0.15, 0.2) is 48.8 Å². The minimum Gasteiger partial charge on any atom is -0.387 e. The summed E-state index contributed by atoms with van der Waals surface area (Å²) in [5, 5.41) is 20.3. The summed E-state index contributed by atoms with van der Waals surface area (Å²) >= 11 is 0. The molecule has 1 aliphatic rings. The molecule has 3 nitrogen and oxygen atoms in total. The van der Waals surface area contributed by atoms with Crippen molar-refractivity contribution in [3.63, 3.8) is 0 Å². The first kappa shape index (κ1) is 12.8. The van der Waals surface area contributed by atoms with Gasteiger partial charge in [0, 0.05) is 12.4 Å². The molecule has 1 aromatic heterocycles.